The van der Waals surface area contributed by atoms with Gasteiger partial charge in [0.1, 0.15) is 0 Å². The van der Waals surface area contributed by atoms with E-state index in [0.29, 0.717) is 23.4 Å². The number of rotatable bonds is 3. The van der Waals surface area contributed by atoms with E-state index in [4.69, 9.17) is 10.3 Å². The van der Waals surface area contributed by atoms with Crippen molar-refractivity contribution >= 4 is 16.5 Å². The maximum Gasteiger partial charge on any atom is 0.232 e. The Labute approximate surface area is 109 Å². The van der Waals surface area contributed by atoms with Crippen LogP contribution in [0.2, 0.25) is 0 Å². The van der Waals surface area contributed by atoms with Crippen LogP contribution in [-0.4, -0.2) is 15.1 Å². The fourth-order valence-electron chi connectivity index (χ4n) is 2.51. The molecule has 0 saturated heterocycles. The molecule has 0 aromatic carbocycles. The normalized spacial score (nSPS) is 23.6. The zero-order chi connectivity index (χ0) is 12.5. The molecule has 18 heavy (non-hydrogen) atoms. The Bertz CT molecular complexity index is 536. The summed E-state index contributed by atoms with van der Waals surface area (Å²) in [6.45, 7) is 2.28. The van der Waals surface area contributed by atoms with Crippen molar-refractivity contribution in [3.8, 4) is 0 Å². The SMILES string of the molecule is CC1CCC(c2noc(Cc3csc(N)n3)n2)C1. The quantitative estimate of drug-likeness (QED) is 0.922. The Balaban J connectivity index is 1.70. The molecule has 0 amide bonds. The second-order valence-corrected chi connectivity index (χ2v) is 5.91. The predicted octanol–water partition coefficient (Wildman–Crippen LogP) is 2.60. The van der Waals surface area contributed by atoms with Crippen LogP contribution in [0.15, 0.2) is 9.90 Å². The van der Waals surface area contributed by atoms with Crippen LogP contribution in [0, 0.1) is 5.92 Å². The highest BCUT2D eigenvalue weighted by molar-refractivity contribution is 7.13. The molecular weight excluding hydrogens is 248 g/mol. The minimum Gasteiger partial charge on any atom is -0.375 e. The van der Waals surface area contributed by atoms with Gasteiger partial charge in [0.15, 0.2) is 11.0 Å². The number of nitrogen functional groups attached to an aromatic ring is 1. The Morgan fingerprint density at radius 1 is 1.44 bits per heavy atom. The summed E-state index contributed by atoms with van der Waals surface area (Å²) >= 11 is 1.43. The summed E-state index contributed by atoms with van der Waals surface area (Å²) in [5.41, 5.74) is 6.49. The number of anilines is 1. The molecule has 2 heterocycles. The molecule has 1 aliphatic carbocycles. The minimum atomic E-state index is 0.470. The fourth-order valence-corrected chi connectivity index (χ4v) is 3.07. The van der Waals surface area contributed by atoms with E-state index in [9.17, 15) is 0 Å². The van der Waals surface area contributed by atoms with Crippen LogP contribution >= 0.6 is 11.3 Å². The van der Waals surface area contributed by atoms with Crippen LogP contribution in [0.3, 0.4) is 0 Å². The molecule has 2 aromatic rings. The molecule has 0 spiro atoms. The molecule has 2 aromatic heterocycles. The molecular formula is C12H16N4OS. The molecule has 3 rings (SSSR count). The number of aromatic nitrogens is 3. The second kappa shape index (κ2) is 4.68. The van der Waals surface area contributed by atoms with Gasteiger partial charge in [0.2, 0.25) is 5.89 Å². The molecule has 2 atom stereocenters. The standard InChI is InChI=1S/C12H16N4OS/c1-7-2-3-8(4-7)11-15-10(17-16-11)5-9-6-18-12(13)14-9/h6-8H,2-5H2,1H3,(H2,13,14). The molecule has 1 saturated carbocycles. The lowest BCUT2D eigenvalue weighted by Crippen LogP contribution is -1.97. The zero-order valence-electron chi connectivity index (χ0n) is 10.3. The van der Waals surface area contributed by atoms with Gasteiger partial charge in [-0.15, -0.1) is 11.3 Å². The molecule has 1 fully saturated rings. The smallest absolute Gasteiger partial charge is 0.232 e. The van der Waals surface area contributed by atoms with Gasteiger partial charge < -0.3 is 10.3 Å². The van der Waals surface area contributed by atoms with E-state index in [1.807, 2.05) is 5.38 Å². The van der Waals surface area contributed by atoms with Crippen LogP contribution in [0.4, 0.5) is 5.13 Å². The maximum absolute atomic E-state index is 5.59. The molecule has 0 radical (unpaired) electrons. The van der Waals surface area contributed by atoms with Crippen LogP contribution in [0.25, 0.3) is 0 Å². The van der Waals surface area contributed by atoms with E-state index in [0.717, 1.165) is 17.4 Å². The number of hydrogen-bond acceptors (Lipinski definition) is 6. The van der Waals surface area contributed by atoms with Gasteiger partial charge in [-0.25, -0.2) is 4.98 Å². The number of nitrogens with two attached hydrogens (primary N) is 1. The lowest BCUT2D eigenvalue weighted by atomic mass is 10.1. The van der Waals surface area contributed by atoms with E-state index >= 15 is 0 Å². The monoisotopic (exact) mass is 264 g/mol. The van der Waals surface area contributed by atoms with Gasteiger partial charge in [0.25, 0.3) is 0 Å². The highest BCUT2D eigenvalue weighted by atomic mass is 32.1. The van der Waals surface area contributed by atoms with Crippen LogP contribution in [-0.2, 0) is 6.42 Å². The molecule has 2 N–H and O–H groups in total. The Kier molecular flexibility index (Phi) is 3.03. The number of hydrogen-bond donors (Lipinski definition) is 1. The number of nitrogens with zero attached hydrogens (tertiary/aromatic N) is 3. The predicted molar refractivity (Wildman–Crippen MR) is 69.4 cm³/mol. The van der Waals surface area contributed by atoms with Crippen LogP contribution < -0.4 is 5.73 Å². The van der Waals surface area contributed by atoms with Crippen LogP contribution in [0.1, 0.15) is 49.5 Å². The lowest BCUT2D eigenvalue weighted by Gasteiger charge is -2.01. The molecule has 1 aliphatic rings. The van der Waals surface area contributed by atoms with Crippen LogP contribution in [0.5, 0.6) is 0 Å². The summed E-state index contributed by atoms with van der Waals surface area (Å²) in [5, 5.41) is 6.60. The van der Waals surface area contributed by atoms with Gasteiger partial charge >= 0.3 is 0 Å². The third kappa shape index (κ3) is 2.38. The largest absolute Gasteiger partial charge is 0.375 e. The summed E-state index contributed by atoms with van der Waals surface area (Å²) in [4.78, 5) is 8.67. The summed E-state index contributed by atoms with van der Waals surface area (Å²) in [6.07, 6.45) is 4.17. The van der Waals surface area contributed by atoms with Gasteiger partial charge in [-0.3, -0.25) is 0 Å². The van der Waals surface area contributed by atoms with Crippen molar-refractivity contribution in [1.29, 1.82) is 0 Å². The first kappa shape index (κ1) is 11.6. The maximum atomic E-state index is 5.59. The summed E-state index contributed by atoms with van der Waals surface area (Å²) < 4.78 is 5.29. The van der Waals surface area contributed by atoms with Gasteiger partial charge in [-0.1, -0.05) is 12.1 Å². The third-order valence-corrected chi connectivity index (χ3v) is 4.17. The third-order valence-electron chi connectivity index (χ3n) is 3.45. The van der Waals surface area contributed by atoms with E-state index in [-0.39, 0.29) is 0 Å². The topological polar surface area (TPSA) is 77.8 Å². The molecule has 5 nitrogen and oxygen atoms in total. The Morgan fingerprint density at radius 2 is 2.33 bits per heavy atom. The van der Waals surface area contributed by atoms with Crippen molar-refractivity contribution in [3.63, 3.8) is 0 Å². The van der Waals surface area contributed by atoms with Crippen molar-refractivity contribution in [1.82, 2.24) is 15.1 Å². The summed E-state index contributed by atoms with van der Waals surface area (Å²) in [6, 6.07) is 0. The molecule has 0 aliphatic heterocycles. The molecule has 2 unspecified atom stereocenters. The van der Waals surface area contributed by atoms with E-state index in [2.05, 4.69) is 22.0 Å². The van der Waals surface area contributed by atoms with Crippen molar-refractivity contribution in [3.05, 3.63) is 22.8 Å². The van der Waals surface area contributed by atoms with Gasteiger partial charge in [0, 0.05) is 11.3 Å². The van der Waals surface area contributed by atoms with E-state index < -0.39 is 0 Å². The van der Waals surface area contributed by atoms with Crippen molar-refractivity contribution in [2.24, 2.45) is 5.92 Å². The Hall–Kier alpha value is -1.43. The number of thiazole rings is 1. The van der Waals surface area contributed by atoms with Crippen molar-refractivity contribution in [2.45, 2.75) is 38.5 Å². The molecule has 96 valence electrons. The van der Waals surface area contributed by atoms with E-state index in [1.165, 1.54) is 30.6 Å². The average Bonchev–Trinajstić information content (AvgIpc) is 3.01. The summed E-state index contributed by atoms with van der Waals surface area (Å²) in [5.74, 6) is 2.74. The first-order valence-corrected chi connectivity index (χ1v) is 7.11. The lowest BCUT2D eigenvalue weighted by molar-refractivity contribution is 0.374. The van der Waals surface area contributed by atoms with Gasteiger partial charge in [-0.2, -0.15) is 4.98 Å². The first-order chi connectivity index (χ1) is 8.70. The minimum absolute atomic E-state index is 0.470. The molecule has 6 heteroatoms. The zero-order valence-corrected chi connectivity index (χ0v) is 11.1. The van der Waals surface area contributed by atoms with E-state index in [1.54, 1.807) is 0 Å². The highest BCUT2D eigenvalue weighted by Gasteiger charge is 2.26. The highest BCUT2D eigenvalue weighted by Crippen LogP contribution is 2.36. The summed E-state index contributed by atoms with van der Waals surface area (Å²) in [7, 11) is 0. The van der Waals surface area contributed by atoms with Crippen molar-refractivity contribution < 1.29 is 4.52 Å². The van der Waals surface area contributed by atoms with Gasteiger partial charge in [0.05, 0.1) is 12.1 Å². The Morgan fingerprint density at radius 3 is 3.00 bits per heavy atom. The molecule has 0 bridgehead atoms. The first-order valence-electron chi connectivity index (χ1n) is 6.23. The van der Waals surface area contributed by atoms with Gasteiger partial charge in [-0.05, 0) is 25.2 Å². The average molecular weight is 264 g/mol. The second-order valence-electron chi connectivity index (χ2n) is 5.02. The van der Waals surface area contributed by atoms with Crippen molar-refractivity contribution in [2.75, 3.05) is 5.73 Å². The fraction of sp³-hybridized carbons (Fsp3) is 0.583.